The van der Waals surface area contributed by atoms with Crippen molar-refractivity contribution in [2.75, 3.05) is 6.54 Å². The zero-order valence-electron chi connectivity index (χ0n) is 3.69. The molecular formula is C3H6FN3. The molecule has 0 saturated carbocycles. The molecule has 1 aliphatic heterocycles. The van der Waals surface area contributed by atoms with Crippen LogP contribution in [0.5, 0.6) is 0 Å². The fourth-order valence-electron chi connectivity index (χ4n) is 0.407. The van der Waals surface area contributed by atoms with Crippen LogP contribution >= 0.6 is 0 Å². The minimum absolute atomic E-state index is 0.167. The number of nitrogens with two attached hydrogens (primary N) is 1. The molecule has 0 radical (unpaired) electrons. The monoisotopic (exact) mass is 103 g/mol. The lowest BCUT2D eigenvalue weighted by molar-refractivity contribution is 0.265. The second-order valence-electron chi connectivity index (χ2n) is 1.35. The van der Waals surface area contributed by atoms with Gasteiger partial charge in [0.15, 0.2) is 0 Å². The Kier molecular flexibility index (Phi) is 0.958. The second-order valence-corrected chi connectivity index (χ2v) is 1.35. The summed E-state index contributed by atoms with van der Waals surface area (Å²) in [5, 5.41) is 1.16. The molecule has 1 rings (SSSR count). The SMILES string of the molecule is NN1CC(F)=CN1. The fourth-order valence-corrected chi connectivity index (χ4v) is 0.407. The van der Waals surface area contributed by atoms with Gasteiger partial charge in [-0.1, -0.05) is 0 Å². The molecule has 0 bridgehead atoms. The smallest absolute Gasteiger partial charge is 0.134 e. The molecule has 1 heterocycles. The summed E-state index contributed by atoms with van der Waals surface area (Å²) >= 11 is 0. The van der Waals surface area contributed by atoms with Gasteiger partial charge in [-0.15, -0.1) is 0 Å². The summed E-state index contributed by atoms with van der Waals surface area (Å²) in [6, 6.07) is 0. The van der Waals surface area contributed by atoms with Crippen molar-refractivity contribution in [3.05, 3.63) is 12.0 Å². The van der Waals surface area contributed by atoms with Crippen LogP contribution in [0.15, 0.2) is 12.0 Å². The molecule has 0 fully saturated rings. The average molecular weight is 103 g/mol. The number of nitrogens with zero attached hydrogens (tertiary/aromatic N) is 1. The molecule has 4 heteroatoms. The van der Waals surface area contributed by atoms with Gasteiger partial charge in [-0.2, -0.15) is 5.12 Å². The molecule has 0 aromatic heterocycles. The summed E-state index contributed by atoms with van der Waals surface area (Å²) in [5.41, 5.74) is 2.44. The summed E-state index contributed by atoms with van der Waals surface area (Å²) < 4.78 is 11.9. The molecule has 1 aliphatic rings. The second kappa shape index (κ2) is 1.48. The first kappa shape index (κ1) is 4.55. The van der Waals surface area contributed by atoms with E-state index in [-0.39, 0.29) is 12.4 Å². The highest BCUT2D eigenvalue weighted by Crippen LogP contribution is 1.99. The minimum Gasteiger partial charge on any atom is -0.310 e. The van der Waals surface area contributed by atoms with E-state index in [1.165, 1.54) is 6.20 Å². The maximum atomic E-state index is 11.9. The van der Waals surface area contributed by atoms with Gasteiger partial charge in [0.05, 0.1) is 6.54 Å². The summed E-state index contributed by atoms with van der Waals surface area (Å²) in [6.45, 7) is 0.167. The third kappa shape index (κ3) is 0.880. The van der Waals surface area contributed by atoms with Crippen LogP contribution in [0, 0.1) is 0 Å². The maximum Gasteiger partial charge on any atom is 0.134 e. The van der Waals surface area contributed by atoms with Gasteiger partial charge in [0.25, 0.3) is 0 Å². The highest BCUT2D eigenvalue weighted by molar-refractivity contribution is 4.96. The van der Waals surface area contributed by atoms with Crippen LogP contribution in [0.3, 0.4) is 0 Å². The van der Waals surface area contributed by atoms with Crippen LogP contribution in [0.25, 0.3) is 0 Å². The third-order valence-corrected chi connectivity index (χ3v) is 0.708. The lowest BCUT2D eigenvalue weighted by atomic mass is 10.6. The molecule has 0 spiro atoms. The van der Waals surface area contributed by atoms with Gasteiger partial charge >= 0.3 is 0 Å². The zero-order chi connectivity index (χ0) is 5.28. The van der Waals surface area contributed by atoms with Crippen molar-refractivity contribution in [2.24, 2.45) is 5.84 Å². The van der Waals surface area contributed by atoms with Gasteiger partial charge in [0, 0.05) is 6.20 Å². The first-order chi connectivity index (χ1) is 3.29. The van der Waals surface area contributed by atoms with E-state index in [0.717, 1.165) is 5.12 Å². The topological polar surface area (TPSA) is 41.3 Å². The van der Waals surface area contributed by atoms with Crippen molar-refractivity contribution >= 4 is 0 Å². The largest absolute Gasteiger partial charge is 0.310 e. The molecule has 7 heavy (non-hydrogen) atoms. The van der Waals surface area contributed by atoms with Crippen LogP contribution in [0.4, 0.5) is 4.39 Å². The van der Waals surface area contributed by atoms with Gasteiger partial charge in [-0.05, 0) is 0 Å². The zero-order valence-corrected chi connectivity index (χ0v) is 3.69. The molecular weight excluding hydrogens is 97.1 g/mol. The van der Waals surface area contributed by atoms with E-state index in [0.29, 0.717) is 0 Å². The van der Waals surface area contributed by atoms with Crippen molar-refractivity contribution < 1.29 is 4.39 Å². The molecule has 3 N–H and O–H groups in total. The summed E-state index contributed by atoms with van der Waals surface area (Å²) in [6.07, 6.45) is 1.22. The lowest BCUT2D eigenvalue weighted by Crippen LogP contribution is -2.36. The molecule has 0 saturated heterocycles. The number of hydrogen-bond acceptors (Lipinski definition) is 3. The lowest BCUT2D eigenvalue weighted by Gasteiger charge is -2.04. The maximum absolute atomic E-state index is 11.9. The highest BCUT2D eigenvalue weighted by Gasteiger charge is 2.06. The molecule has 0 amide bonds. The van der Waals surface area contributed by atoms with E-state index in [4.69, 9.17) is 5.84 Å². The van der Waals surface area contributed by atoms with E-state index in [2.05, 4.69) is 5.43 Å². The Hall–Kier alpha value is -0.610. The van der Waals surface area contributed by atoms with Crippen LogP contribution in [0.2, 0.25) is 0 Å². The molecule has 0 unspecified atom stereocenters. The number of nitrogens with one attached hydrogen (secondary N) is 1. The van der Waals surface area contributed by atoms with Crippen molar-refractivity contribution in [2.45, 2.75) is 0 Å². The van der Waals surface area contributed by atoms with Crippen molar-refractivity contribution in [3.8, 4) is 0 Å². The summed E-state index contributed by atoms with van der Waals surface area (Å²) in [5.74, 6) is 4.82. The van der Waals surface area contributed by atoms with Gasteiger partial charge < -0.3 is 5.43 Å². The molecule has 0 atom stereocenters. The number of hydrazine groups is 2. The van der Waals surface area contributed by atoms with Crippen LogP contribution in [0.1, 0.15) is 0 Å². The third-order valence-electron chi connectivity index (χ3n) is 0.708. The standard InChI is InChI=1S/C3H6FN3/c4-3-1-6-7(5)2-3/h1,6H,2,5H2. The van der Waals surface area contributed by atoms with Crippen molar-refractivity contribution in [3.63, 3.8) is 0 Å². The van der Waals surface area contributed by atoms with E-state index in [9.17, 15) is 4.39 Å². The van der Waals surface area contributed by atoms with E-state index in [1.54, 1.807) is 0 Å². The van der Waals surface area contributed by atoms with E-state index >= 15 is 0 Å². The normalized spacial score (nSPS) is 21.7. The average Bonchev–Trinajstić information content (AvgIpc) is 1.87. The Morgan fingerprint density at radius 3 is 2.86 bits per heavy atom. The first-order valence-corrected chi connectivity index (χ1v) is 1.92. The first-order valence-electron chi connectivity index (χ1n) is 1.92. The Labute approximate surface area is 40.5 Å². The molecule has 40 valence electrons. The Morgan fingerprint density at radius 1 is 2.00 bits per heavy atom. The van der Waals surface area contributed by atoms with Crippen molar-refractivity contribution in [1.82, 2.24) is 10.5 Å². The van der Waals surface area contributed by atoms with E-state index < -0.39 is 0 Å². The minimum atomic E-state index is -0.234. The Balaban J connectivity index is 2.42. The predicted octanol–water partition coefficient (Wildman–Crippen LogP) is -0.509. The molecule has 0 aromatic rings. The van der Waals surface area contributed by atoms with Crippen LogP contribution in [-0.4, -0.2) is 11.7 Å². The quantitative estimate of drug-likeness (QED) is 0.406. The number of hydrogen-bond donors (Lipinski definition) is 2. The van der Waals surface area contributed by atoms with Gasteiger partial charge in [0.2, 0.25) is 0 Å². The Bertz CT molecular complexity index is 100. The van der Waals surface area contributed by atoms with Gasteiger partial charge in [-0.25, -0.2) is 4.39 Å². The number of halogens is 1. The van der Waals surface area contributed by atoms with Crippen molar-refractivity contribution in [1.29, 1.82) is 0 Å². The van der Waals surface area contributed by atoms with E-state index in [1.807, 2.05) is 0 Å². The fraction of sp³-hybridized carbons (Fsp3) is 0.333. The van der Waals surface area contributed by atoms with Gasteiger partial charge in [-0.3, -0.25) is 5.84 Å². The molecule has 0 aliphatic carbocycles. The summed E-state index contributed by atoms with van der Waals surface area (Å²) in [7, 11) is 0. The Morgan fingerprint density at radius 2 is 2.71 bits per heavy atom. The predicted molar refractivity (Wildman–Crippen MR) is 23.2 cm³/mol. The van der Waals surface area contributed by atoms with Crippen LogP contribution in [-0.2, 0) is 0 Å². The van der Waals surface area contributed by atoms with Gasteiger partial charge in [0.1, 0.15) is 5.83 Å². The number of rotatable bonds is 0. The molecule has 0 aromatic carbocycles. The molecule has 3 nitrogen and oxygen atoms in total. The highest BCUT2D eigenvalue weighted by atomic mass is 19.1. The summed E-state index contributed by atoms with van der Waals surface area (Å²) in [4.78, 5) is 0. The van der Waals surface area contributed by atoms with Crippen LogP contribution < -0.4 is 11.3 Å².